The van der Waals surface area contributed by atoms with Crippen molar-refractivity contribution >= 4 is 41.8 Å². The van der Waals surface area contributed by atoms with Gasteiger partial charge < -0.3 is 24.6 Å². The van der Waals surface area contributed by atoms with E-state index in [1.807, 2.05) is 37.3 Å². The molecule has 11 nitrogen and oxygen atoms in total. The standard InChI is InChI=1S/C20H23ClN5O6P/c1-12(13-5-3-2-4-6-13)23-18-15-8-22-26(19(15)25-20(21)24-18)9-17-16(27)7-14(32-17)10-31-11-33(28,29)30/h2-6,8,12,14,17H,7,9-11H2,1H3,(H,23,24,25)(H2,28,29,30)/t12-,14-,17+/m0/s1. The highest BCUT2D eigenvalue weighted by Crippen LogP contribution is 2.34. The maximum absolute atomic E-state index is 12.4. The number of ketones is 1. The van der Waals surface area contributed by atoms with Gasteiger partial charge in [-0.05, 0) is 24.1 Å². The van der Waals surface area contributed by atoms with Crippen molar-refractivity contribution in [1.82, 2.24) is 19.7 Å². The molecule has 3 aromatic rings. The van der Waals surface area contributed by atoms with E-state index in [-0.39, 0.29) is 36.7 Å². The van der Waals surface area contributed by atoms with Crippen molar-refractivity contribution in [1.29, 1.82) is 0 Å². The van der Waals surface area contributed by atoms with Crippen molar-refractivity contribution in [2.45, 2.75) is 38.1 Å². The SMILES string of the molecule is C[C@H](Nc1nc(Cl)nc2c1cnn2C[C@H]1O[C@H](COCP(=O)(O)O)CC1=O)c1ccccc1. The molecule has 0 amide bonds. The molecular weight excluding hydrogens is 473 g/mol. The van der Waals surface area contributed by atoms with Crippen LogP contribution in [0.25, 0.3) is 11.0 Å². The lowest BCUT2D eigenvalue weighted by atomic mass is 10.1. The highest BCUT2D eigenvalue weighted by atomic mass is 35.5. The largest absolute Gasteiger partial charge is 0.366 e. The van der Waals surface area contributed by atoms with E-state index in [2.05, 4.69) is 20.4 Å². The Labute approximate surface area is 194 Å². The molecule has 1 aromatic carbocycles. The van der Waals surface area contributed by atoms with Crippen molar-refractivity contribution in [2.75, 3.05) is 18.3 Å². The van der Waals surface area contributed by atoms with Crippen LogP contribution in [0.15, 0.2) is 36.5 Å². The molecule has 0 aliphatic carbocycles. The van der Waals surface area contributed by atoms with E-state index in [9.17, 15) is 9.36 Å². The molecule has 3 N–H and O–H groups in total. The number of hydrogen-bond acceptors (Lipinski definition) is 8. The van der Waals surface area contributed by atoms with Crippen molar-refractivity contribution in [3.8, 4) is 0 Å². The molecule has 0 unspecified atom stereocenters. The van der Waals surface area contributed by atoms with Crippen LogP contribution in [0.1, 0.15) is 24.9 Å². The van der Waals surface area contributed by atoms with Crippen LogP contribution < -0.4 is 5.32 Å². The van der Waals surface area contributed by atoms with Crippen LogP contribution >= 0.6 is 19.2 Å². The number of Topliss-reactive ketones (excluding diaryl/α,β-unsaturated/α-hetero) is 1. The third-order valence-electron chi connectivity index (χ3n) is 5.17. The number of nitrogens with zero attached hydrogens (tertiary/aromatic N) is 4. The van der Waals surface area contributed by atoms with Gasteiger partial charge in [-0.25, -0.2) is 4.68 Å². The fourth-order valence-corrected chi connectivity index (χ4v) is 4.13. The summed E-state index contributed by atoms with van der Waals surface area (Å²) in [6.45, 7) is 2.02. The third kappa shape index (κ3) is 5.94. The molecule has 3 atom stereocenters. The third-order valence-corrected chi connectivity index (χ3v) is 5.86. The van der Waals surface area contributed by atoms with Gasteiger partial charge in [-0.1, -0.05) is 30.3 Å². The molecule has 1 aliphatic rings. The lowest BCUT2D eigenvalue weighted by Crippen LogP contribution is -2.24. The summed E-state index contributed by atoms with van der Waals surface area (Å²) in [6, 6.07) is 9.82. The zero-order valence-corrected chi connectivity index (χ0v) is 19.3. The van der Waals surface area contributed by atoms with Crippen LogP contribution in [-0.4, -0.2) is 60.5 Å². The van der Waals surface area contributed by atoms with Gasteiger partial charge in [-0.15, -0.1) is 0 Å². The van der Waals surface area contributed by atoms with E-state index in [1.165, 1.54) is 4.68 Å². The van der Waals surface area contributed by atoms with Gasteiger partial charge in [0.25, 0.3) is 0 Å². The predicted octanol–water partition coefficient (Wildman–Crippen LogP) is 2.53. The topological polar surface area (TPSA) is 149 Å². The summed E-state index contributed by atoms with van der Waals surface area (Å²) < 4.78 is 23.1. The van der Waals surface area contributed by atoms with E-state index in [0.717, 1.165) is 5.56 Å². The predicted molar refractivity (Wildman–Crippen MR) is 120 cm³/mol. The number of halogens is 1. The summed E-state index contributed by atoms with van der Waals surface area (Å²) in [5.74, 6) is 0.370. The van der Waals surface area contributed by atoms with Crippen LogP contribution in [0.3, 0.4) is 0 Å². The quantitative estimate of drug-likeness (QED) is 0.298. The average Bonchev–Trinajstić information content (AvgIpc) is 3.31. The summed E-state index contributed by atoms with van der Waals surface area (Å²) >= 11 is 6.16. The van der Waals surface area contributed by atoms with Crippen LogP contribution in [-0.2, 0) is 25.4 Å². The highest BCUT2D eigenvalue weighted by Gasteiger charge is 2.35. The number of carbonyl (C=O) groups is 1. The Morgan fingerprint density at radius 3 is 2.82 bits per heavy atom. The molecule has 0 radical (unpaired) electrons. The molecule has 1 fully saturated rings. The number of nitrogens with one attached hydrogen (secondary N) is 1. The molecule has 13 heteroatoms. The summed E-state index contributed by atoms with van der Waals surface area (Å²) in [5.41, 5.74) is 1.53. The van der Waals surface area contributed by atoms with Crippen LogP contribution in [0.4, 0.5) is 5.82 Å². The Morgan fingerprint density at radius 1 is 1.33 bits per heavy atom. The lowest BCUT2D eigenvalue weighted by Gasteiger charge is -2.16. The van der Waals surface area contributed by atoms with E-state index in [0.29, 0.717) is 16.9 Å². The van der Waals surface area contributed by atoms with Crippen molar-refractivity contribution in [2.24, 2.45) is 0 Å². The van der Waals surface area contributed by atoms with Crippen molar-refractivity contribution < 1.29 is 28.6 Å². The monoisotopic (exact) mass is 495 g/mol. The Hall–Kier alpha value is -2.40. The fraction of sp³-hybridized carbons (Fsp3) is 0.400. The minimum atomic E-state index is -4.28. The van der Waals surface area contributed by atoms with Crippen LogP contribution in [0, 0.1) is 0 Å². The van der Waals surface area contributed by atoms with Gasteiger partial charge in [0.1, 0.15) is 18.3 Å². The van der Waals surface area contributed by atoms with Crippen LogP contribution in [0.2, 0.25) is 5.28 Å². The second-order valence-electron chi connectivity index (χ2n) is 7.76. The summed E-state index contributed by atoms with van der Waals surface area (Å²) in [7, 11) is -4.28. The van der Waals surface area contributed by atoms with Crippen molar-refractivity contribution in [3.05, 3.63) is 47.4 Å². The smallest absolute Gasteiger partial charge is 0.350 e. The zero-order chi connectivity index (χ0) is 23.6. The molecule has 3 heterocycles. The van der Waals surface area contributed by atoms with Gasteiger partial charge in [-0.2, -0.15) is 15.1 Å². The normalized spacial score (nSPS) is 19.8. The molecule has 1 saturated heterocycles. The molecule has 176 valence electrons. The molecular formula is C20H23ClN5O6P. The van der Waals surface area contributed by atoms with E-state index in [1.54, 1.807) is 6.20 Å². The van der Waals surface area contributed by atoms with E-state index >= 15 is 0 Å². The lowest BCUT2D eigenvalue weighted by molar-refractivity contribution is -0.123. The zero-order valence-electron chi connectivity index (χ0n) is 17.7. The number of ether oxygens (including phenoxy) is 2. The average molecular weight is 496 g/mol. The first kappa shape index (κ1) is 23.7. The first-order valence-corrected chi connectivity index (χ1v) is 12.4. The van der Waals surface area contributed by atoms with E-state index < -0.39 is 26.2 Å². The van der Waals surface area contributed by atoms with E-state index in [4.69, 9.17) is 30.9 Å². The van der Waals surface area contributed by atoms with Gasteiger partial charge in [0.2, 0.25) is 5.28 Å². The maximum atomic E-state index is 12.4. The maximum Gasteiger partial charge on any atom is 0.350 e. The first-order valence-electron chi connectivity index (χ1n) is 10.2. The molecule has 0 saturated carbocycles. The summed E-state index contributed by atoms with van der Waals surface area (Å²) in [6.07, 6.45) is -0.404. The number of rotatable bonds is 9. The Bertz CT molecular complexity index is 1190. The Kier molecular flexibility index (Phi) is 7.08. The van der Waals surface area contributed by atoms with Gasteiger partial charge in [0, 0.05) is 12.5 Å². The minimum Gasteiger partial charge on any atom is -0.366 e. The molecule has 0 bridgehead atoms. The van der Waals surface area contributed by atoms with Crippen molar-refractivity contribution in [3.63, 3.8) is 0 Å². The number of carbonyl (C=O) groups excluding carboxylic acids is 1. The minimum absolute atomic E-state index is 0.0365. The number of anilines is 1. The van der Waals surface area contributed by atoms with Gasteiger partial charge >= 0.3 is 7.60 Å². The Balaban J connectivity index is 1.47. The fourth-order valence-electron chi connectivity index (χ4n) is 3.62. The molecule has 1 aliphatic heterocycles. The number of fused-ring (bicyclic) bond motifs is 1. The number of aromatic nitrogens is 4. The molecule has 0 spiro atoms. The Morgan fingerprint density at radius 2 is 2.09 bits per heavy atom. The van der Waals surface area contributed by atoms with Crippen LogP contribution in [0.5, 0.6) is 0 Å². The highest BCUT2D eigenvalue weighted by molar-refractivity contribution is 7.51. The van der Waals surface area contributed by atoms with Gasteiger partial charge in [0.05, 0.1) is 30.8 Å². The summed E-state index contributed by atoms with van der Waals surface area (Å²) in [4.78, 5) is 38.7. The first-order chi connectivity index (χ1) is 15.7. The van der Waals surface area contributed by atoms with Gasteiger partial charge in [-0.3, -0.25) is 9.36 Å². The number of benzene rings is 1. The number of hydrogen-bond donors (Lipinski definition) is 3. The molecule has 4 rings (SSSR count). The van der Waals surface area contributed by atoms with Gasteiger partial charge in [0.15, 0.2) is 11.4 Å². The second-order valence-corrected chi connectivity index (χ2v) is 9.69. The molecule has 33 heavy (non-hydrogen) atoms. The summed E-state index contributed by atoms with van der Waals surface area (Å²) in [5, 5.41) is 8.36. The second kappa shape index (κ2) is 9.84. The molecule has 2 aromatic heterocycles.